The average Bonchev–Trinajstić information content (AvgIpc) is 3.24. The van der Waals surface area contributed by atoms with Crippen molar-refractivity contribution < 1.29 is 9.90 Å². The first kappa shape index (κ1) is 23.4. The second-order valence-corrected chi connectivity index (χ2v) is 8.48. The van der Waals surface area contributed by atoms with Crippen molar-refractivity contribution in [1.82, 2.24) is 10.2 Å². The highest BCUT2D eigenvalue weighted by molar-refractivity contribution is 5.85. The van der Waals surface area contributed by atoms with Gasteiger partial charge in [-0.3, -0.25) is 9.69 Å². The predicted octanol–water partition coefficient (Wildman–Crippen LogP) is 2.48. The number of hydrogen-bond donors (Lipinski definition) is 3. The van der Waals surface area contributed by atoms with E-state index < -0.39 is 0 Å². The van der Waals surface area contributed by atoms with Crippen LogP contribution in [0.5, 0.6) is 0 Å². The van der Waals surface area contributed by atoms with Crippen LogP contribution in [-0.2, 0) is 17.9 Å². The first-order valence-corrected chi connectivity index (χ1v) is 10.1. The van der Waals surface area contributed by atoms with Crippen LogP contribution in [0.3, 0.4) is 0 Å². The molecule has 1 aromatic rings. The summed E-state index contributed by atoms with van der Waals surface area (Å²) >= 11 is 0. The first-order chi connectivity index (χ1) is 12.6. The molecule has 4 rings (SSSR count). The SMILES string of the molecule is Cl.Cl.NC1C2CCC(C2)C1C(=O)NCc1ccc(CN2CCC(O)CC2)cc1. The molecule has 4 atom stereocenters. The van der Waals surface area contributed by atoms with E-state index in [1.54, 1.807) is 0 Å². The van der Waals surface area contributed by atoms with E-state index in [2.05, 4.69) is 34.5 Å². The summed E-state index contributed by atoms with van der Waals surface area (Å²) in [5.41, 5.74) is 8.69. The number of nitrogens with one attached hydrogen (secondary N) is 1. The number of carbonyl (C=O) groups excluding carboxylic acids is 1. The van der Waals surface area contributed by atoms with Crippen LogP contribution in [0.2, 0.25) is 0 Å². The van der Waals surface area contributed by atoms with Gasteiger partial charge in [-0.1, -0.05) is 24.3 Å². The van der Waals surface area contributed by atoms with Crippen LogP contribution in [0.1, 0.15) is 43.2 Å². The molecule has 2 saturated carbocycles. The Hall–Kier alpha value is -0.850. The zero-order valence-corrected chi connectivity index (χ0v) is 17.9. The number of amides is 1. The summed E-state index contributed by atoms with van der Waals surface area (Å²) < 4.78 is 0. The fourth-order valence-corrected chi connectivity index (χ4v) is 5.13. The number of nitrogens with two attached hydrogens (primary N) is 1. The second-order valence-electron chi connectivity index (χ2n) is 8.48. The van der Waals surface area contributed by atoms with Crippen LogP contribution >= 0.6 is 24.8 Å². The Morgan fingerprint density at radius 2 is 1.64 bits per heavy atom. The summed E-state index contributed by atoms with van der Waals surface area (Å²) in [6, 6.07) is 8.56. The third kappa shape index (κ3) is 5.19. The molecule has 3 fully saturated rings. The van der Waals surface area contributed by atoms with Gasteiger partial charge in [0.25, 0.3) is 0 Å². The number of aliphatic hydroxyl groups excluding tert-OH is 1. The molecule has 4 unspecified atom stereocenters. The molecule has 2 bridgehead atoms. The van der Waals surface area contributed by atoms with Gasteiger partial charge in [-0.05, 0) is 55.1 Å². The number of carbonyl (C=O) groups is 1. The van der Waals surface area contributed by atoms with Gasteiger partial charge in [0.2, 0.25) is 5.91 Å². The Labute approximate surface area is 180 Å². The summed E-state index contributed by atoms with van der Waals surface area (Å²) in [6.45, 7) is 3.43. The van der Waals surface area contributed by atoms with E-state index in [0.717, 1.165) is 44.5 Å². The maximum absolute atomic E-state index is 12.6. The Morgan fingerprint density at radius 3 is 2.25 bits per heavy atom. The minimum atomic E-state index is -0.125. The van der Waals surface area contributed by atoms with E-state index in [1.807, 2.05) is 0 Å². The molecule has 1 aliphatic heterocycles. The van der Waals surface area contributed by atoms with Crippen molar-refractivity contribution >= 4 is 30.7 Å². The third-order valence-corrected chi connectivity index (χ3v) is 6.74. The predicted molar refractivity (Wildman–Crippen MR) is 116 cm³/mol. The normalized spacial score (nSPS) is 29.8. The van der Waals surface area contributed by atoms with Gasteiger partial charge in [0.05, 0.1) is 12.0 Å². The molecule has 0 spiro atoms. The molecule has 1 heterocycles. The molecule has 28 heavy (non-hydrogen) atoms. The number of halogens is 2. The summed E-state index contributed by atoms with van der Waals surface area (Å²) in [6.07, 6.45) is 5.12. The summed E-state index contributed by atoms with van der Waals surface area (Å²) in [7, 11) is 0. The Morgan fingerprint density at radius 1 is 1.04 bits per heavy atom. The second kappa shape index (κ2) is 10.3. The molecule has 0 aromatic heterocycles. The number of hydrogen-bond acceptors (Lipinski definition) is 4. The summed E-state index contributed by atoms with van der Waals surface area (Å²) in [4.78, 5) is 14.9. The van der Waals surface area contributed by atoms with Gasteiger partial charge in [0.15, 0.2) is 0 Å². The Bertz CT molecular complexity index is 633. The first-order valence-electron chi connectivity index (χ1n) is 10.1. The molecule has 3 aliphatic rings. The van der Waals surface area contributed by atoms with Crippen LogP contribution in [0, 0.1) is 17.8 Å². The van der Waals surface area contributed by atoms with E-state index in [1.165, 1.54) is 18.4 Å². The van der Waals surface area contributed by atoms with Gasteiger partial charge in [-0.25, -0.2) is 0 Å². The minimum Gasteiger partial charge on any atom is -0.393 e. The smallest absolute Gasteiger partial charge is 0.225 e. The van der Waals surface area contributed by atoms with Crippen molar-refractivity contribution in [3.63, 3.8) is 0 Å². The van der Waals surface area contributed by atoms with Crippen LogP contribution < -0.4 is 11.1 Å². The Balaban J connectivity index is 0.00000140. The van der Waals surface area contributed by atoms with Crippen LogP contribution in [0.15, 0.2) is 24.3 Å². The standard InChI is InChI=1S/C21H31N3O2.2ClH/c22-20-17-6-5-16(11-17)19(20)21(26)23-12-14-1-3-15(4-2-14)13-24-9-7-18(25)8-10-24;;/h1-4,16-20,25H,5-13,22H2,(H,23,26);2*1H. The molecule has 2 aliphatic carbocycles. The number of aliphatic hydroxyl groups is 1. The fourth-order valence-electron chi connectivity index (χ4n) is 5.13. The largest absolute Gasteiger partial charge is 0.393 e. The van der Waals surface area contributed by atoms with Gasteiger partial charge in [0.1, 0.15) is 0 Å². The molecule has 0 radical (unpaired) electrons. The lowest BCUT2D eigenvalue weighted by Gasteiger charge is -2.29. The Kier molecular flexibility index (Phi) is 8.59. The lowest BCUT2D eigenvalue weighted by molar-refractivity contribution is -0.127. The maximum Gasteiger partial charge on any atom is 0.225 e. The number of benzene rings is 1. The summed E-state index contributed by atoms with van der Waals surface area (Å²) in [5, 5.41) is 12.7. The lowest BCUT2D eigenvalue weighted by Crippen LogP contribution is -2.45. The molecule has 5 nitrogen and oxygen atoms in total. The fraction of sp³-hybridized carbons (Fsp3) is 0.667. The van der Waals surface area contributed by atoms with Gasteiger partial charge in [-0.2, -0.15) is 0 Å². The zero-order valence-electron chi connectivity index (χ0n) is 16.3. The van der Waals surface area contributed by atoms with E-state index in [4.69, 9.17) is 5.73 Å². The number of rotatable bonds is 5. The van der Waals surface area contributed by atoms with Crippen LogP contribution in [0.4, 0.5) is 0 Å². The molecule has 1 saturated heterocycles. The lowest BCUT2D eigenvalue weighted by atomic mass is 9.84. The number of piperidine rings is 1. The van der Waals surface area contributed by atoms with Gasteiger partial charge in [0, 0.05) is 32.2 Å². The van der Waals surface area contributed by atoms with Crippen molar-refractivity contribution in [3.8, 4) is 0 Å². The number of fused-ring (bicyclic) bond motifs is 2. The van der Waals surface area contributed by atoms with Crippen molar-refractivity contribution in [2.45, 2.75) is 57.3 Å². The van der Waals surface area contributed by atoms with Crippen molar-refractivity contribution in [2.75, 3.05) is 13.1 Å². The molecule has 158 valence electrons. The van der Waals surface area contributed by atoms with Crippen molar-refractivity contribution in [2.24, 2.45) is 23.5 Å². The van der Waals surface area contributed by atoms with E-state index >= 15 is 0 Å². The number of likely N-dealkylation sites (tertiary alicyclic amines) is 1. The highest BCUT2D eigenvalue weighted by Crippen LogP contribution is 2.47. The molecule has 1 amide bonds. The van der Waals surface area contributed by atoms with Gasteiger partial charge in [-0.15, -0.1) is 24.8 Å². The quantitative estimate of drug-likeness (QED) is 0.671. The third-order valence-electron chi connectivity index (χ3n) is 6.74. The van der Waals surface area contributed by atoms with E-state index in [-0.39, 0.29) is 48.8 Å². The number of nitrogens with zero attached hydrogens (tertiary/aromatic N) is 1. The maximum atomic E-state index is 12.6. The minimum absolute atomic E-state index is 0. The highest BCUT2D eigenvalue weighted by Gasteiger charge is 2.48. The molecule has 4 N–H and O–H groups in total. The molecular weight excluding hydrogens is 397 g/mol. The molecule has 1 aromatic carbocycles. The monoisotopic (exact) mass is 429 g/mol. The topological polar surface area (TPSA) is 78.6 Å². The summed E-state index contributed by atoms with van der Waals surface area (Å²) in [5.74, 6) is 1.22. The van der Waals surface area contributed by atoms with Crippen molar-refractivity contribution in [1.29, 1.82) is 0 Å². The van der Waals surface area contributed by atoms with Gasteiger partial charge < -0.3 is 16.2 Å². The highest BCUT2D eigenvalue weighted by atomic mass is 35.5. The molecule has 7 heteroatoms. The van der Waals surface area contributed by atoms with Crippen molar-refractivity contribution in [3.05, 3.63) is 35.4 Å². The average molecular weight is 430 g/mol. The van der Waals surface area contributed by atoms with Crippen LogP contribution in [0.25, 0.3) is 0 Å². The van der Waals surface area contributed by atoms with E-state index in [0.29, 0.717) is 18.4 Å². The molecular formula is C21H33Cl2N3O2. The van der Waals surface area contributed by atoms with E-state index in [9.17, 15) is 9.90 Å². The van der Waals surface area contributed by atoms with Gasteiger partial charge >= 0.3 is 0 Å². The van der Waals surface area contributed by atoms with Crippen LogP contribution in [-0.4, -0.2) is 41.1 Å². The zero-order chi connectivity index (χ0) is 18.1.